The minimum atomic E-state index is -4.39. The summed E-state index contributed by atoms with van der Waals surface area (Å²) in [6.07, 6.45) is 0. The second kappa shape index (κ2) is 5.83. The third kappa shape index (κ3) is 3.22. The van der Waals surface area contributed by atoms with Gasteiger partial charge in [-0.1, -0.05) is 0 Å². The first-order valence-corrected chi connectivity index (χ1v) is 7.76. The number of halogens is 3. The lowest BCUT2D eigenvalue weighted by Crippen LogP contribution is -2.32. The second-order valence-corrected chi connectivity index (χ2v) is 6.18. The van der Waals surface area contributed by atoms with E-state index < -0.39 is 37.1 Å². The summed E-state index contributed by atoms with van der Waals surface area (Å²) in [6.45, 7) is 3.76. The molecule has 0 spiro atoms. The fourth-order valence-corrected chi connectivity index (χ4v) is 2.49. The van der Waals surface area contributed by atoms with Crippen molar-refractivity contribution in [1.82, 2.24) is 4.90 Å². The Morgan fingerprint density at radius 1 is 1.26 bits per heavy atom. The van der Waals surface area contributed by atoms with Gasteiger partial charge < -0.3 is 4.90 Å². The van der Waals surface area contributed by atoms with Gasteiger partial charge in [0.25, 0.3) is 15.0 Å². The molecule has 0 aromatic heterocycles. The molecule has 1 aromatic rings. The van der Waals surface area contributed by atoms with Crippen LogP contribution in [0.5, 0.6) is 0 Å². The highest BCUT2D eigenvalue weighted by atomic mass is 35.7. The summed E-state index contributed by atoms with van der Waals surface area (Å²) < 4.78 is 49.8. The standard InChI is InChI=1S/C11H12ClF2NO3S/c1-3-15(4-2)11(16)9-7(13)5-6-8(10(9)14)19(12,17)18/h5-6H,3-4H2,1-2H3. The number of carbonyl (C=O) groups excluding carboxylic acids is 1. The van der Waals surface area contributed by atoms with Crippen molar-refractivity contribution in [3.8, 4) is 0 Å². The van der Waals surface area contributed by atoms with Crippen LogP contribution in [0, 0.1) is 11.6 Å². The molecule has 1 amide bonds. The second-order valence-electron chi connectivity index (χ2n) is 3.65. The van der Waals surface area contributed by atoms with E-state index in [2.05, 4.69) is 0 Å². The van der Waals surface area contributed by atoms with Crippen molar-refractivity contribution in [3.05, 3.63) is 29.3 Å². The maximum absolute atomic E-state index is 14.0. The number of carbonyl (C=O) groups is 1. The smallest absolute Gasteiger partial charge is 0.264 e. The Bertz CT molecular complexity index is 600. The molecule has 19 heavy (non-hydrogen) atoms. The number of amides is 1. The summed E-state index contributed by atoms with van der Waals surface area (Å²) in [5, 5.41) is 0. The van der Waals surface area contributed by atoms with Crippen molar-refractivity contribution in [3.63, 3.8) is 0 Å². The lowest BCUT2D eigenvalue weighted by atomic mass is 10.1. The van der Waals surface area contributed by atoms with Crippen LogP contribution < -0.4 is 0 Å². The van der Waals surface area contributed by atoms with Crippen molar-refractivity contribution in [1.29, 1.82) is 0 Å². The Hall–Kier alpha value is -1.21. The molecular formula is C11H12ClF2NO3S. The van der Waals surface area contributed by atoms with Gasteiger partial charge in [0.1, 0.15) is 16.3 Å². The molecule has 0 fully saturated rings. The third-order valence-electron chi connectivity index (χ3n) is 2.58. The van der Waals surface area contributed by atoms with Gasteiger partial charge in [-0.2, -0.15) is 0 Å². The molecule has 0 atom stereocenters. The number of hydrogen-bond acceptors (Lipinski definition) is 3. The largest absolute Gasteiger partial charge is 0.339 e. The van der Waals surface area contributed by atoms with Gasteiger partial charge in [-0.05, 0) is 26.0 Å². The summed E-state index contributed by atoms with van der Waals surface area (Å²) in [5.41, 5.74) is -0.912. The number of hydrogen-bond donors (Lipinski definition) is 0. The predicted octanol–water partition coefficient (Wildman–Crippen LogP) is 2.37. The SMILES string of the molecule is CCN(CC)C(=O)c1c(F)ccc(S(=O)(=O)Cl)c1F. The summed E-state index contributed by atoms with van der Waals surface area (Å²) in [7, 11) is 0.639. The molecule has 8 heteroatoms. The summed E-state index contributed by atoms with van der Waals surface area (Å²) in [4.78, 5) is 12.2. The first-order chi connectivity index (χ1) is 8.73. The lowest BCUT2D eigenvalue weighted by Gasteiger charge is -2.19. The first kappa shape index (κ1) is 15.8. The highest BCUT2D eigenvalue weighted by molar-refractivity contribution is 8.13. The van der Waals surface area contributed by atoms with Crippen molar-refractivity contribution in [2.45, 2.75) is 18.7 Å². The molecule has 0 aliphatic carbocycles. The summed E-state index contributed by atoms with van der Waals surface area (Å²) in [6, 6.07) is 1.39. The molecule has 106 valence electrons. The molecule has 0 saturated heterocycles. The van der Waals surface area contributed by atoms with Crippen LogP contribution in [0.1, 0.15) is 24.2 Å². The molecule has 0 radical (unpaired) electrons. The van der Waals surface area contributed by atoms with E-state index in [1.807, 2.05) is 0 Å². The van der Waals surface area contributed by atoms with Crippen LogP contribution in [-0.4, -0.2) is 32.3 Å². The van der Waals surface area contributed by atoms with Gasteiger partial charge in [0, 0.05) is 23.8 Å². The van der Waals surface area contributed by atoms with Gasteiger partial charge in [0.2, 0.25) is 0 Å². The molecule has 0 saturated carbocycles. The van der Waals surface area contributed by atoms with Gasteiger partial charge in [0.15, 0.2) is 5.82 Å². The van der Waals surface area contributed by atoms with Crippen molar-refractivity contribution >= 4 is 25.6 Å². The minimum Gasteiger partial charge on any atom is -0.339 e. The summed E-state index contributed by atoms with van der Waals surface area (Å²) >= 11 is 0. The quantitative estimate of drug-likeness (QED) is 0.802. The van der Waals surface area contributed by atoms with Crippen LogP contribution in [-0.2, 0) is 9.05 Å². The number of benzene rings is 1. The van der Waals surface area contributed by atoms with Crippen LogP contribution >= 0.6 is 10.7 Å². The van der Waals surface area contributed by atoms with Crippen molar-refractivity contribution < 1.29 is 22.0 Å². The fraction of sp³-hybridized carbons (Fsp3) is 0.364. The van der Waals surface area contributed by atoms with Crippen molar-refractivity contribution in [2.75, 3.05) is 13.1 Å². The van der Waals surface area contributed by atoms with Gasteiger partial charge in [0.05, 0.1) is 0 Å². The molecule has 4 nitrogen and oxygen atoms in total. The fourth-order valence-electron chi connectivity index (χ4n) is 1.59. The Morgan fingerprint density at radius 3 is 2.21 bits per heavy atom. The monoisotopic (exact) mass is 311 g/mol. The molecule has 0 bridgehead atoms. The normalized spacial score (nSPS) is 11.4. The van der Waals surface area contributed by atoms with E-state index >= 15 is 0 Å². The molecule has 0 N–H and O–H groups in total. The Labute approximate surface area is 114 Å². The number of nitrogens with zero attached hydrogens (tertiary/aromatic N) is 1. The number of rotatable bonds is 4. The molecule has 0 unspecified atom stereocenters. The van der Waals surface area contributed by atoms with Crippen LogP contribution in [0.3, 0.4) is 0 Å². The topological polar surface area (TPSA) is 54.5 Å². The van der Waals surface area contributed by atoms with Gasteiger partial charge in [-0.3, -0.25) is 4.79 Å². The maximum atomic E-state index is 14.0. The first-order valence-electron chi connectivity index (χ1n) is 5.45. The van der Waals surface area contributed by atoms with Crippen LogP contribution in [0.25, 0.3) is 0 Å². The molecule has 0 aliphatic heterocycles. The highest BCUT2D eigenvalue weighted by Gasteiger charge is 2.27. The van der Waals surface area contributed by atoms with Gasteiger partial charge >= 0.3 is 0 Å². The molecule has 0 aliphatic rings. The molecule has 1 aromatic carbocycles. The van der Waals surface area contributed by atoms with E-state index in [-0.39, 0.29) is 13.1 Å². The van der Waals surface area contributed by atoms with Crippen LogP contribution in [0.4, 0.5) is 8.78 Å². The van der Waals surface area contributed by atoms with E-state index in [9.17, 15) is 22.0 Å². The highest BCUT2D eigenvalue weighted by Crippen LogP contribution is 2.24. The molecule has 0 heterocycles. The maximum Gasteiger partial charge on any atom is 0.264 e. The zero-order valence-electron chi connectivity index (χ0n) is 10.3. The van der Waals surface area contributed by atoms with E-state index in [0.717, 1.165) is 0 Å². The van der Waals surface area contributed by atoms with E-state index in [1.165, 1.54) is 4.90 Å². The average Bonchev–Trinajstić information content (AvgIpc) is 2.28. The minimum absolute atomic E-state index is 0.242. The summed E-state index contributed by atoms with van der Waals surface area (Å²) in [5.74, 6) is -3.51. The average molecular weight is 312 g/mol. The lowest BCUT2D eigenvalue weighted by molar-refractivity contribution is 0.0762. The Balaban J connectivity index is 3.48. The van der Waals surface area contributed by atoms with Crippen LogP contribution in [0.2, 0.25) is 0 Å². The van der Waals surface area contributed by atoms with Gasteiger partial charge in [-0.15, -0.1) is 0 Å². The van der Waals surface area contributed by atoms with Crippen LogP contribution in [0.15, 0.2) is 17.0 Å². The predicted molar refractivity (Wildman–Crippen MR) is 66.6 cm³/mol. The molecular weight excluding hydrogens is 300 g/mol. The Kier molecular flexibility index (Phi) is 4.86. The van der Waals surface area contributed by atoms with Crippen molar-refractivity contribution in [2.24, 2.45) is 0 Å². The molecule has 1 rings (SSSR count). The zero-order valence-corrected chi connectivity index (χ0v) is 11.9. The van der Waals surface area contributed by atoms with Gasteiger partial charge in [-0.25, -0.2) is 17.2 Å². The Morgan fingerprint density at radius 2 is 1.79 bits per heavy atom. The van der Waals surface area contributed by atoms with E-state index in [0.29, 0.717) is 12.1 Å². The third-order valence-corrected chi connectivity index (χ3v) is 3.92. The zero-order chi connectivity index (χ0) is 14.8. The van der Waals surface area contributed by atoms with E-state index in [1.54, 1.807) is 13.8 Å². The van der Waals surface area contributed by atoms with E-state index in [4.69, 9.17) is 10.7 Å².